The largest absolute Gasteiger partial charge is 0.223 e. The molecule has 0 aromatic heterocycles. The molecule has 0 amide bonds. The van der Waals surface area contributed by atoms with E-state index in [2.05, 4.69) is 0 Å². The summed E-state index contributed by atoms with van der Waals surface area (Å²) in [5, 5.41) is -0.192. The molecule has 1 atom stereocenters. The molecular formula is C16H14ClFO2S. The molecule has 0 aliphatic heterocycles. The Morgan fingerprint density at radius 3 is 2.52 bits per heavy atom. The summed E-state index contributed by atoms with van der Waals surface area (Å²) in [6, 6.07) is 10.6. The summed E-state index contributed by atoms with van der Waals surface area (Å²) in [7, 11) is -3.53. The van der Waals surface area contributed by atoms with Crippen LogP contribution in [0.5, 0.6) is 0 Å². The first-order chi connectivity index (χ1) is 9.98. The quantitative estimate of drug-likeness (QED) is 0.824. The van der Waals surface area contributed by atoms with Gasteiger partial charge in [0.25, 0.3) is 0 Å². The minimum atomic E-state index is -3.53. The highest BCUT2D eigenvalue weighted by Gasteiger charge is 2.33. The Balaban J connectivity index is 2.09. The predicted octanol–water partition coefficient (Wildman–Crippen LogP) is 4.33. The minimum Gasteiger partial charge on any atom is -0.223 e. The molecule has 1 aliphatic carbocycles. The van der Waals surface area contributed by atoms with Crippen LogP contribution in [0.2, 0.25) is 5.02 Å². The van der Waals surface area contributed by atoms with Gasteiger partial charge in [-0.25, -0.2) is 12.8 Å². The van der Waals surface area contributed by atoms with Crippen molar-refractivity contribution in [1.82, 2.24) is 0 Å². The highest BCUT2D eigenvalue weighted by Crippen LogP contribution is 2.39. The third-order valence-corrected chi connectivity index (χ3v) is 6.30. The van der Waals surface area contributed by atoms with Crippen molar-refractivity contribution in [1.29, 1.82) is 0 Å². The van der Waals surface area contributed by atoms with Crippen LogP contribution < -0.4 is 0 Å². The maximum Gasteiger partial charge on any atom is 0.185 e. The van der Waals surface area contributed by atoms with Crippen LogP contribution in [0.3, 0.4) is 0 Å². The molecule has 3 rings (SSSR count). The molecule has 0 bridgehead atoms. The van der Waals surface area contributed by atoms with Crippen molar-refractivity contribution >= 4 is 21.4 Å². The average molecular weight is 325 g/mol. The van der Waals surface area contributed by atoms with E-state index in [4.69, 9.17) is 11.6 Å². The smallest absolute Gasteiger partial charge is 0.185 e. The van der Waals surface area contributed by atoms with Gasteiger partial charge in [-0.1, -0.05) is 17.7 Å². The SMILES string of the molecule is O=S(=O)(c1ccc(Cl)cc1)C1CCCc2ccc(F)cc21. The molecule has 0 spiro atoms. The van der Waals surface area contributed by atoms with Crippen molar-refractivity contribution in [3.8, 4) is 0 Å². The lowest BCUT2D eigenvalue weighted by Gasteiger charge is -2.25. The summed E-state index contributed by atoms with van der Waals surface area (Å²) in [6.45, 7) is 0. The Morgan fingerprint density at radius 2 is 1.81 bits per heavy atom. The number of fused-ring (bicyclic) bond motifs is 1. The lowest BCUT2D eigenvalue weighted by molar-refractivity contribution is 0.556. The van der Waals surface area contributed by atoms with E-state index in [0.717, 1.165) is 18.4 Å². The molecule has 0 saturated carbocycles. The Hall–Kier alpha value is -1.39. The van der Waals surface area contributed by atoms with Crippen molar-refractivity contribution in [2.75, 3.05) is 0 Å². The van der Waals surface area contributed by atoms with Gasteiger partial charge in [-0.05, 0) is 66.8 Å². The van der Waals surface area contributed by atoms with Gasteiger partial charge in [0.05, 0.1) is 10.1 Å². The normalized spacial score (nSPS) is 18.3. The highest BCUT2D eigenvalue weighted by atomic mass is 35.5. The van der Waals surface area contributed by atoms with Gasteiger partial charge in [-0.15, -0.1) is 0 Å². The van der Waals surface area contributed by atoms with Gasteiger partial charge in [0.15, 0.2) is 9.84 Å². The van der Waals surface area contributed by atoms with Gasteiger partial charge < -0.3 is 0 Å². The summed E-state index contributed by atoms with van der Waals surface area (Å²) in [6.07, 6.45) is 2.10. The van der Waals surface area contributed by atoms with E-state index in [1.165, 1.54) is 24.3 Å². The molecule has 0 N–H and O–H groups in total. The second kappa shape index (κ2) is 5.43. The number of hydrogen-bond acceptors (Lipinski definition) is 2. The molecule has 1 aliphatic rings. The Labute approximate surface area is 128 Å². The maximum atomic E-state index is 13.5. The van der Waals surface area contributed by atoms with Gasteiger partial charge in [0.2, 0.25) is 0 Å². The van der Waals surface area contributed by atoms with E-state index < -0.39 is 20.9 Å². The number of sulfone groups is 1. The van der Waals surface area contributed by atoms with E-state index in [1.54, 1.807) is 18.2 Å². The third-order valence-electron chi connectivity index (χ3n) is 3.88. The molecule has 2 nitrogen and oxygen atoms in total. The van der Waals surface area contributed by atoms with Crippen LogP contribution in [-0.4, -0.2) is 8.42 Å². The summed E-state index contributed by atoms with van der Waals surface area (Å²) >= 11 is 5.80. The predicted molar refractivity (Wildman–Crippen MR) is 80.7 cm³/mol. The fourth-order valence-corrected chi connectivity index (χ4v) is 4.84. The average Bonchev–Trinajstić information content (AvgIpc) is 2.47. The van der Waals surface area contributed by atoms with Gasteiger partial charge in [0.1, 0.15) is 5.82 Å². The number of hydrogen-bond donors (Lipinski definition) is 0. The third kappa shape index (κ3) is 2.70. The molecule has 0 radical (unpaired) electrons. The molecule has 110 valence electrons. The number of halogens is 2. The first-order valence-corrected chi connectivity index (χ1v) is 8.69. The zero-order valence-electron chi connectivity index (χ0n) is 11.2. The zero-order valence-corrected chi connectivity index (χ0v) is 12.8. The fraction of sp³-hybridized carbons (Fsp3) is 0.250. The van der Waals surface area contributed by atoms with Crippen molar-refractivity contribution in [3.63, 3.8) is 0 Å². The molecule has 0 fully saturated rings. The molecule has 2 aromatic rings. The summed E-state index contributed by atoms with van der Waals surface area (Å²) < 4.78 is 39.1. The summed E-state index contributed by atoms with van der Waals surface area (Å²) in [4.78, 5) is 0.231. The Kier molecular flexibility index (Phi) is 3.76. The lowest BCUT2D eigenvalue weighted by Crippen LogP contribution is -2.19. The van der Waals surface area contributed by atoms with Crippen molar-refractivity contribution in [3.05, 3.63) is 64.4 Å². The van der Waals surface area contributed by atoms with Crippen LogP contribution in [-0.2, 0) is 16.3 Å². The standard InChI is InChI=1S/C16H14ClFO2S/c17-12-5-8-14(9-6-12)21(19,20)16-3-1-2-11-4-7-13(18)10-15(11)16/h4-10,16H,1-3H2. The van der Waals surface area contributed by atoms with E-state index in [9.17, 15) is 12.8 Å². The molecule has 2 aromatic carbocycles. The summed E-state index contributed by atoms with van der Waals surface area (Å²) in [5.41, 5.74) is 1.52. The molecule has 1 unspecified atom stereocenters. The van der Waals surface area contributed by atoms with E-state index >= 15 is 0 Å². The van der Waals surface area contributed by atoms with E-state index in [-0.39, 0.29) is 4.90 Å². The van der Waals surface area contributed by atoms with E-state index in [1.807, 2.05) is 0 Å². The maximum absolute atomic E-state index is 13.5. The number of rotatable bonds is 2. The Bertz CT molecular complexity index is 769. The van der Waals surface area contributed by atoms with Crippen LogP contribution >= 0.6 is 11.6 Å². The van der Waals surface area contributed by atoms with Gasteiger partial charge in [0, 0.05) is 5.02 Å². The zero-order chi connectivity index (χ0) is 15.0. The van der Waals surface area contributed by atoms with Crippen LogP contribution in [0.1, 0.15) is 29.2 Å². The second-order valence-electron chi connectivity index (χ2n) is 5.22. The van der Waals surface area contributed by atoms with Crippen molar-refractivity contribution in [2.45, 2.75) is 29.4 Å². The minimum absolute atomic E-state index is 0.231. The van der Waals surface area contributed by atoms with E-state index in [0.29, 0.717) is 17.0 Å². The summed E-state index contributed by atoms with van der Waals surface area (Å²) in [5.74, 6) is -0.396. The fourth-order valence-electron chi connectivity index (χ4n) is 2.84. The number of aryl methyl sites for hydroxylation is 1. The van der Waals surface area contributed by atoms with Crippen LogP contribution in [0.25, 0.3) is 0 Å². The topological polar surface area (TPSA) is 34.1 Å². The van der Waals surface area contributed by atoms with Gasteiger partial charge in [-0.3, -0.25) is 0 Å². The van der Waals surface area contributed by atoms with Gasteiger partial charge >= 0.3 is 0 Å². The molecular weight excluding hydrogens is 311 g/mol. The molecule has 0 saturated heterocycles. The van der Waals surface area contributed by atoms with Crippen molar-refractivity contribution in [2.24, 2.45) is 0 Å². The van der Waals surface area contributed by atoms with Crippen molar-refractivity contribution < 1.29 is 12.8 Å². The van der Waals surface area contributed by atoms with Gasteiger partial charge in [-0.2, -0.15) is 0 Å². The molecule has 5 heteroatoms. The number of benzene rings is 2. The second-order valence-corrected chi connectivity index (χ2v) is 7.79. The van der Waals surface area contributed by atoms with Crippen LogP contribution in [0, 0.1) is 5.82 Å². The lowest BCUT2D eigenvalue weighted by atomic mass is 9.91. The molecule has 0 heterocycles. The monoisotopic (exact) mass is 324 g/mol. The van der Waals surface area contributed by atoms with Crippen LogP contribution in [0.4, 0.5) is 4.39 Å². The first kappa shape index (κ1) is 14.5. The first-order valence-electron chi connectivity index (χ1n) is 6.76. The van der Waals surface area contributed by atoms with Crippen LogP contribution in [0.15, 0.2) is 47.4 Å². The highest BCUT2D eigenvalue weighted by molar-refractivity contribution is 7.91. The molecule has 21 heavy (non-hydrogen) atoms. The Morgan fingerprint density at radius 1 is 1.10 bits per heavy atom.